The van der Waals surface area contributed by atoms with Gasteiger partial charge in [0.1, 0.15) is 0 Å². The van der Waals surface area contributed by atoms with Gasteiger partial charge in [0.05, 0.1) is 17.8 Å². The van der Waals surface area contributed by atoms with Crippen LogP contribution in [0.2, 0.25) is 5.02 Å². The van der Waals surface area contributed by atoms with Gasteiger partial charge in [0.2, 0.25) is 0 Å². The lowest BCUT2D eigenvalue weighted by atomic mass is 10.2. The van der Waals surface area contributed by atoms with Gasteiger partial charge in [-0.3, -0.25) is 4.68 Å². The first-order valence-electron chi connectivity index (χ1n) is 6.53. The van der Waals surface area contributed by atoms with Crippen molar-refractivity contribution in [3.63, 3.8) is 0 Å². The number of sulfonamides is 1. The summed E-state index contributed by atoms with van der Waals surface area (Å²) in [5, 5.41) is 15.4. The van der Waals surface area contributed by atoms with Crippen molar-refractivity contribution in [2.24, 2.45) is 17.9 Å². The summed E-state index contributed by atoms with van der Waals surface area (Å²) >= 11 is 5.95. The molecule has 1 fully saturated rings. The Bertz CT molecular complexity index is 617. The number of hydrogen-bond donors (Lipinski definition) is 2. The van der Waals surface area contributed by atoms with Gasteiger partial charge in [0.15, 0.2) is 10.9 Å². The largest absolute Gasteiger partial charge is 0.409 e. The van der Waals surface area contributed by atoms with E-state index in [1.54, 1.807) is 0 Å². The molecule has 21 heavy (non-hydrogen) atoms. The third-order valence-corrected chi connectivity index (χ3v) is 5.98. The average molecular weight is 336 g/mol. The quantitative estimate of drug-likeness (QED) is 0.357. The lowest BCUT2D eigenvalue weighted by Crippen LogP contribution is -2.44. The predicted molar refractivity (Wildman–Crippen MR) is 77.8 cm³/mol. The van der Waals surface area contributed by atoms with Crippen LogP contribution in [0.4, 0.5) is 0 Å². The maximum Gasteiger partial charge on any atom is 0.262 e. The molecule has 0 bridgehead atoms. The van der Waals surface area contributed by atoms with Crippen LogP contribution in [0.15, 0.2) is 16.4 Å². The molecule has 1 heterocycles. The Labute approximate surface area is 128 Å². The highest BCUT2D eigenvalue weighted by atomic mass is 35.5. The SMILES string of the molecule is Cn1ncc(Cl)c1S(=O)(=O)N(CC(N)=NO)C1CCCC1. The normalized spacial score (nSPS) is 17.8. The van der Waals surface area contributed by atoms with Gasteiger partial charge < -0.3 is 10.9 Å². The molecule has 0 saturated heterocycles. The number of nitrogens with zero attached hydrogens (tertiary/aromatic N) is 4. The van der Waals surface area contributed by atoms with Crippen molar-refractivity contribution in [3.8, 4) is 0 Å². The fraction of sp³-hybridized carbons (Fsp3) is 0.636. The van der Waals surface area contributed by atoms with E-state index in [0.717, 1.165) is 25.7 Å². The summed E-state index contributed by atoms with van der Waals surface area (Å²) in [4.78, 5) is 0. The number of aryl methyl sites for hydroxylation is 1. The minimum absolute atomic E-state index is 0.0556. The summed E-state index contributed by atoms with van der Waals surface area (Å²) in [6, 6.07) is -0.179. The van der Waals surface area contributed by atoms with Crippen LogP contribution in [-0.4, -0.2) is 46.1 Å². The van der Waals surface area contributed by atoms with Crippen molar-refractivity contribution < 1.29 is 13.6 Å². The van der Waals surface area contributed by atoms with E-state index < -0.39 is 10.0 Å². The molecule has 0 spiro atoms. The van der Waals surface area contributed by atoms with E-state index in [1.807, 2.05) is 0 Å². The monoisotopic (exact) mass is 335 g/mol. The fourth-order valence-electron chi connectivity index (χ4n) is 2.59. The molecule has 10 heteroatoms. The van der Waals surface area contributed by atoms with Gasteiger partial charge in [0.25, 0.3) is 10.0 Å². The zero-order valence-electron chi connectivity index (χ0n) is 11.6. The smallest absolute Gasteiger partial charge is 0.262 e. The lowest BCUT2D eigenvalue weighted by molar-refractivity contribution is 0.308. The summed E-state index contributed by atoms with van der Waals surface area (Å²) in [6.45, 7) is -0.176. The van der Waals surface area contributed by atoms with Crippen molar-refractivity contribution in [2.45, 2.75) is 36.8 Å². The Hall–Kier alpha value is -1.32. The van der Waals surface area contributed by atoms with Crippen LogP contribution in [-0.2, 0) is 17.1 Å². The Balaban J connectivity index is 2.43. The minimum atomic E-state index is -3.88. The molecule has 8 nitrogen and oxygen atoms in total. The molecule has 1 saturated carbocycles. The van der Waals surface area contributed by atoms with Gasteiger partial charge in [-0.25, -0.2) is 8.42 Å². The highest BCUT2D eigenvalue weighted by Gasteiger charge is 2.37. The molecule has 0 amide bonds. The fourth-order valence-corrected chi connectivity index (χ4v) is 4.86. The van der Waals surface area contributed by atoms with E-state index in [0.29, 0.717) is 0 Å². The van der Waals surface area contributed by atoms with E-state index in [-0.39, 0.29) is 28.5 Å². The number of rotatable bonds is 5. The van der Waals surface area contributed by atoms with Crippen LogP contribution in [0.1, 0.15) is 25.7 Å². The number of oxime groups is 1. The van der Waals surface area contributed by atoms with E-state index in [9.17, 15) is 8.42 Å². The first-order valence-corrected chi connectivity index (χ1v) is 8.35. The van der Waals surface area contributed by atoms with E-state index in [2.05, 4.69) is 10.3 Å². The first-order chi connectivity index (χ1) is 9.87. The summed E-state index contributed by atoms with van der Waals surface area (Å²) < 4.78 is 28.2. The molecular formula is C11H18ClN5O3S. The second-order valence-electron chi connectivity index (χ2n) is 5.00. The van der Waals surface area contributed by atoms with Crippen LogP contribution >= 0.6 is 11.6 Å². The summed E-state index contributed by atoms with van der Waals surface area (Å²) in [5.74, 6) is -0.163. The number of amidine groups is 1. The number of hydrogen-bond acceptors (Lipinski definition) is 5. The molecule has 0 aromatic carbocycles. The lowest BCUT2D eigenvalue weighted by Gasteiger charge is -2.27. The molecule has 118 valence electrons. The molecule has 0 atom stereocenters. The Morgan fingerprint density at radius 2 is 2.24 bits per heavy atom. The summed E-state index contributed by atoms with van der Waals surface area (Å²) in [7, 11) is -2.37. The van der Waals surface area contributed by atoms with Gasteiger partial charge in [0, 0.05) is 13.1 Å². The minimum Gasteiger partial charge on any atom is -0.409 e. The number of halogens is 1. The van der Waals surface area contributed by atoms with E-state index in [1.165, 1.54) is 22.2 Å². The van der Waals surface area contributed by atoms with Crippen molar-refractivity contribution in [1.29, 1.82) is 0 Å². The van der Waals surface area contributed by atoms with Crippen LogP contribution in [0.3, 0.4) is 0 Å². The molecular weight excluding hydrogens is 318 g/mol. The molecule has 0 aliphatic heterocycles. The van der Waals surface area contributed by atoms with Crippen molar-refractivity contribution in [1.82, 2.24) is 14.1 Å². The molecule has 1 aliphatic rings. The Morgan fingerprint density at radius 3 is 2.71 bits per heavy atom. The van der Waals surface area contributed by atoms with E-state index >= 15 is 0 Å². The van der Waals surface area contributed by atoms with Gasteiger partial charge in [-0.05, 0) is 12.8 Å². The molecule has 3 N–H and O–H groups in total. The summed E-state index contributed by atoms with van der Waals surface area (Å²) in [5.41, 5.74) is 5.51. The van der Waals surface area contributed by atoms with Gasteiger partial charge in [-0.2, -0.15) is 9.40 Å². The van der Waals surface area contributed by atoms with Crippen molar-refractivity contribution >= 4 is 27.5 Å². The highest BCUT2D eigenvalue weighted by molar-refractivity contribution is 7.89. The Kier molecular flexibility index (Phi) is 4.74. The molecule has 1 aromatic rings. The standard InChI is InChI=1S/C11H18ClN5O3S/c1-16-11(9(12)6-14-16)21(19,20)17(7-10(13)15-18)8-4-2-3-5-8/h6,8,18H,2-5,7H2,1H3,(H2,13,15). The molecule has 1 aliphatic carbocycles. The second kappa shape index (κ2) is 6.20. The van der Waals surface area contributed by atoms with Gasteiger partial charge in [-0.1, -0.05) is 29.6 Å². The predicted octanol–water partition coefficient (Wildman–Crippen LogP) is 0.753. The maximum absolute atomic E-state index is 12.9. The zero-order chi connectivity index (χ0) is 15.6. The highest BCUT2D eigenvalue weighted by Crippen LogP contribution is 2.30. The Morgan fingerprint density at radius 1 is 1.62 bits per heavy atom. The maximum atomic E-state index is 12.9. The van der Waals surface area contributed by atoms with Gasteiger partial charge in [-0.15, -0.1) is 0 Å². The topological polar surface area (TPSA) is 114 Å². The molecule has 0 unspecified atom stereocenters. The van der Waals surface area contributed by atoms with Crippen LogP contribution in [0.25, 0.3) is 0 Å². The molecule has 1 aromatic heterocycles. The van der Waals surface area contributed by atoms with Crippen LogP contribution in [0, 0.1) is 0 Å². The molecule has 2 rings (SSSR count). The molecule has 0 radical (unpaired) electrons. The zero-order valence-corrected chi connectivity index (χ0v) is 13.2. The van der Waals surface area contributed by atoms with Crippen molar-refractivity contribution in [3.05, 3.63) is 11.2 Å². The average Bonchev–Trinajstić information content (AvgIpc) is 3.05. The number of aromatic nitrogens is 2. The van der Waals surface area contributed by atoms with E-state index in [4.69, 9.17) is 22.5 Å². The van der Waals surface area contributed by atoms with Gasteiger partial charge >= 0.3 is 0 Å². The second-order valence-corrected chi connectivity index (χ2v) is 7.21. The van der Waals surface area contributed by atoms with Crippen molar-refractivity contribution in [2.75, 3.05) is 6.54 Å². The number of nitrogens with two attached hydrogens (primary N) is 1. The van der Waals surface area contributed by atoms with Crippen LogP contribution in [0.5, 0.6) is 0 Å². The summed E-state index contributed by atoms with van der Waals surface area (Å²) in [6.07, 6.45) is 4.67. The third kappa shape index (κ3) is 3.14. The third-order valence-electron chi connectivity index (χ3n) is 3.57. The van der Waals surface area contributed by atoms with Crippen LogP contribution < -0.4 is 5.73 Å². The first kappa shape index (κ1) is 16.1.